The lowest BCUT2D eigenvalue weighted by Gasteiger charge is -2.41. The predicted octanol–water partition coefficient (Wildman–Crippen LogP) is 9.63. The van der Waals surface area contributed by atoms with Crippen molar-refractivity contribution in [2.24, 2.45) is 0 Å². The second-order valence-electron chi connectivity index (χ2n) is 8.45. The molecule has 0 atom stereocenters. The fraction of sp³-hybridized carbons (Fsp3) is 0.571. The molecule has 2 rings (SSSR count). The largest absolute Gasteiger partial charge is 0.188 e. The van der Waals surface area contributed by atoms with Gasteiger partial charge in [0.05, 0.1) is 0 Å². The van der Waals surface area contributed by atoms with Crippen LogP contribution in [0.25, 0.3) is 0 Å². The summed E-state index contributed by atoms with van der Waals surface area (Å²) in [6, 6.07) is 23.0. The van der Waals surface area contributed by atoms with Crippen LogP contribution in [0.5, 0.6) is 0 Å². The van der Waals surface area contributed by atoms with E-state index < -0.39 is 10.0 Å². The smallest absolute Gasteiger partial charge is 0.00592 e. The molecule has 0 fully saturated rings. The van der Waals surface area contributed by atoms with Crippen LogP contribution >= 0.6 is 10.0 Å². The first-order valence-electron chi connectivity index (χ1n) is 12.2. The summed E-state index contributed by atoms with van der Waals surface area (Å²) in [5.41, 5.74) is 0. The van der Waals surface area contributed by atoms with E-state index in [9.17, 15) is 0 Å². The first-order valence-corrected chi connectivity index (χ1v) is 14.2. The number of hydrogen-bond acceptors (Lipinski definition) is 0. The van der Waals surface area contributed by atoms with Gasteiger partial charge < -0.3 is 0 Å². The minimum Gasteiger partial charge on any atom is -0.188 e. The van der Waals surface area contributed by atoms with E-state index >= 15 is 0 Å². The van der Waals surface area contributed by atoms with Crippen LogP contribution in [0, 0.1) is 0 Å². The third-order valence-corrected chi connectivity index (χ3v) is 10.4. The van der Waals surface area contributed by atoms with Crippen LogP contribution in [0.1, 0.15) is 90.9 Å². The molecule has 0 saturated carbocycles. The molecule has 0 aliphatic carbocycles. The molecule has 0 nitrogen and oxygen atoms in total. The number of hydrogen-bond donors (Lipinski definition) is 0. The van der Waals surface area contributed by atoms with Crippen molar-refractivity contribution in [2.75, 3.05) is 11.5 Å². The van der Waals surface area contributed by atoms with Gasteiger partial charge in [-0.15, -0.1) is 0 Å². The van der Waals surface area contributed by atoms with E-state index in [1.807, 2.05) is 0 Å². The lowest BCUT2D eigenvalue weighted by atomic mass is 10.1. The molecule has 0 heterocycles. The zero-order chi connectivity index (χ0) is 20.6. The Morgan fingerprint density at radius 3 is 1.17 bits per heavy atom. The van der Waals surface area contributed by atoms with Crippen molar-refractivity contribution in [1.82, 2.24) is 0 Å². The molecule has 0 saturated heterocycles. The number of benzene rings is 2. The van der Waals surface area contributed by atoms with E-state index in [1.54, 1.807) is 9.79 Å². The SMILES string of the molecule is CCCCCCCCS(CCCCCCCC)(c1ccccc1)c1ccccc1. The van der Waals surface area contributed by atoms with Gasteiger partial charge in [-0.05, 0) is 58.4 Å². The van der Waals surface area contributed by atoms with Gasteiger partial charge in [-0.25, -0.2) is 0 Å². The average Bonchev–Trinajstić information content (AvgIpc) is 2.78. The molecule has 0 amide bonds. The van der Waals surface area contributed by atoms with E-state index in [-0.39, 0.29) is 0 Å². The Balaban J connectivity index is 2.13. The zero-order valence-electron chi connectivity index (χ0n) is 19.1. The second kappa shape index (κ2) is 14.7. The van der Waals surface area contributed by atoms with Gasteiger partial charge in [0.25, 0.3) is 0 Å². The van der Waals surface area contributed by atoms with Crippen molar-refractivity contribution in [3.63, 3.8) is 0 Å². The van der Waals surface area contributed by atoms with E-state index in [4.69, 9.17) is 0 Å². The third kappa shape index (κ3) is 8.21. The van der Waals surface area contributed by atoms with Crippen LogP contribution in [0.2, 0.25) is 0 Å². The van der Waals surface area contributed by atoms with Crippen molar-refractivity contribution in [3.8, 4) is 0 Å². The lowest BCUT2D eigenvalue weighted by molar-refractivity contribution is 0.622. The van der Waals surface area contributed by atoms with Crippen LogP contribution in [0.4, 0.5) is 0 Å². The monoisotopic (exact) mass is 412 g/mol. The summed E-state index contributed by atoms with van der Waals surface area (Å²) < 4.78 is 0. The Kier molecular flexibility index (Phi) is 12.2. The highest BCUT2D eigenvalue weighted by Crippen LogP contribution is 2.63. The Bertz CT molecular complexity index is 562. The third-order valence-electron chi connectivity index (χ3n) is 6.08. The maximum absolute atomic E-state index is 2.41. The van der Waals surface area contributed by atoms with E-state index in [1.165, 1.54) is 88.6 Å². The standard InChI is InChI=1S/C28H44S/c1-3-5-7-9-11-19-25-29(27-21-15-13-16-22-27,28-23-17-14-18-24-28)26-20-12-10-8-6-4-2/h13-18,21-24H,3-12,19-20,25-26H2,1-2H3. The Hall–Kier alpha value is -1.21. The second-order valence-corrected chi connectivity index (χ2v) is 12.0. The molecule has 0 aliphatic rings. The minimum absolute atomic E-state index is 0.939. The summed E-state index contributed by atoms with van der Waals surface area (Å²) in [5.74, 6) is 2.73. The lowest BCUT2D eigenvalue weighted by Crippen LogP contribution is -2.12. The summed E-state index contributed by atoms with van der Waals surface area (Å²) >= 11 is 0. The van der Waals surface area contributed by atoms with Crippen LogP contribution in [-0.2, 0) is 0 Å². The Labute approximate surface area is 182 Å². The molecule has 0 aromatic heterocycles. The number of unbranched alkanes of at least 4 members (excludes halogenated alkanes) is 10. The molecule has 0 bridgehead atoms. The van der Waals surface area contributed by atoms with Crippen molar-refractivity contribution in [1.29, 1.82) is 0 Å². The van der Waals surface area contributed by atoms with Gasteiger partial charge in [0.15, 0.2) is 0 Å². The fourth-order valence-corrected chi connectivity index (χ4v) is 8.50. The molecule has 0 unspecified atom stereocenters. The van der Waals surface area contributed by atoms with Crippen molar-refractivity contribution < 1.29 is 0 Å². The van der Waals surface area contributed by atoms with Crippen LogP contribution in [0.3, 0.4) is 0 Å². The van der Waals surface area contributed by atoms with E-state index in [0.717, 1.165) is 0 Å². The topological polar surface area (TPSA) is 0 Å². The normalized spacial score (nSPS) is 12.2. The molecule has 0 radical (unpaired) electrons. The fourth-order valence-electron chi connectivity index (χ4n) is 4.33. The van der Waals surface area contributed by atoms with Gasteiger partial charge in [-0.2, -0.15) is 10.0 Å². The van der Waals surface area contributed by atoms with Gasteiger partial charge in [0.1, 0.15) is 0 Å². The Morgan fingerprint density at radius 2 is 0.793 bits per heavy atom. The van der Waals surface area contributed by atoms with E-state index in [0.29, 0.717) is 0 Å². The molecule has 0 spiro atoms. The zero-order valence-corrected chi connectivity index (χ0v) is 19.9. The van der Waals surface area contributed by atoms with Gasteiger partial charge in [-0.1, -0.05) is 114 Å². The maximum Gasteiger partial charge on any atom is -0.00592 e. The maximum atomic E-state index is 2.41. The molecule has 2 aromatic rings. The highest BCUT2D eigenvalue weighted by molar-refractivity contribution is 8.33. The summed E-state index contributed by atoms with van der Waals surface area (Å²) in [6.07, 6.45) is 16.6. The average molecular weight is 413 g/mol. The van der Waals surface area contributed by atoms with Gasteiger partial charge in [0, 0.05) is 0 Å². The van der Waals surface area contributed by atoms with Gasteiger partial charge in [0.2, 0.25) is 0 Å². The van der Waals surface area contributed by atoms with Gasteiger partial charge >= 0.3 is 0 Å². The molecule has 29 heavy (non-hydrogen) atoms. The molecule has 0 aliphatic heterocycles. The highest BCUT2D eigenvalue weighted by Gasteiger charge is 2.27. The summed E-state index contributed by atoms with van der Waals surface area (Å²) in [5, 5.41) is 0. The van der Waals surface area contributed by atoms with Crippen LogP contribution in [0.15, 0.2) is 70.5 Å². The first kappa shape index (κ1) is 24.1. The summed E-state index contributed by atoms with van der Waals surface area (Å²) in [7, 11) is -0.939. The molecular weight excluding hydrogens is 368 g/mol. The molecule has 162 valence electrons. The van der Waals surface area contributed by atoms with Gasteiger partial charge in [-0.3, -0.25) is 0 Å². The van der Waals surface area contributed by atoms with Crippen molar-refractivity contribution in [3.05, 3.63) is 60.7 Å². The predicted molar refractivity (Wildman–Crippen MR) is 133 cm³/mol. The summed E-state index contributed by atoms with van der Waals surface area (Å²) in [4.78, 5) is 3.21. The Morgan fingerprint density at radius 1 is 0.448 bits per heavy atom. The minimum atomic E-state index is -0.939. The molecule has 2 aromatic carbocycles. The first-order chi connectivity index (χ1) is 14.3. The molecular formula is C28H44S. The summed E-state index contributed by atoms with van der Waals surface area (Å²) in [6.45, 7) is 4.61. The van der Waals surface area contributed by atoms with Crippen LogP contribution in [-0.4, -0.2) is 11.5 Å². The van der Waals surface area contributed by atoms with Crippen LogP contribution < -0.4 is 0 Å². The van der Waals surface area contributed by atoms with Crippen molar-refractivity contribution >= 4 is 10.0 Å². The number of rotatable bonds is 16. The molecule has 1 heteroatoms. The van der Waals surface area contributed by atoms with E-state index in [2.05, 4.69) is 74.5 Å². The van der Waals surface area contributed by atoms with Crippen molar-refractivity contribution in [2.45, 2.75) is 101 Å². The highest BCUT2D eigenvalue weighted by atomic mass is 32.3. The quantitative estimate of drug-likeness (QED) is 0.241. The molecule has 0 N–H and O–H groups in total.